The molecule has 2 aromatic carbocycles. The van der Waals surface area contributed by atoms with Gasteiger partial charge in [-0.05, 0) is 67.4 Å². The van der Waals surface area contributed by atoms with Crippen molar-refractivity contribution in [3.63, 3.8) is 0 Å². The fourth-order valence-corrected chi connectivity index (χ4v) is 4.27. The molecule has 1 atom stereocenters. The zero-order chi connectivity index (χ0) is 24.0. The van der Waals surface area contributed by atoms with Gasteiger partial charge in [-0.15, -0.1) is 0 Å². The zero-order valence-electron chi connectivity index (χ0n) is 18.9. The van der Waals surface area contributed by atoms with Crippen LogP contribution in [-0.4, -0.2) is 38.9 Å². The number of aryl methyl sites for hydroxylation is 2. The van der Waals surface area contributed by atoms with E-state index >= 15 is 0 Å². The molecule has 0 saturated carbocycles. The molecule has 2 aromatic heterocycles. The van der Waals surface area contributed by atoms with E-state index < -0.39 is 17.7 Å². The molecule has 2 N–H and O–H groups in total. The lowest BCUT2D eigenvalue weighted by Gasteiger charge is -2.22. The average Bonchev–Trinajstić information content (AvgIpc) is 3.37. The van der Waals surface area contributed by atoms with Crippen LogP contribution in [0.25, 0.3) is 16.8 Å². The molecule has 1 fully saturated rings. The number of fused-ring (bicyclic) bond motifs is 1. The number of carbonyl (C=O) groups excluding carboxylic acids is 2. The van der Waals surface area contributed by atoms with Crippen LogP contribution in [0, 0.1) is 13.8 Å². The molecule has 170 valence electrons. The summed E-state index contributed by atoms with van der Waals surface area (Å²) >= 11 is 0. The maximum absolute atomic E-state index is 13.3. The second kappa shape index (κ2) is 8.15. The molecule has 1 aliphatic rings. The smallest absolute Gasteiger partial charge is 0.302 e. The molecule has 0 spiro atoms. The molecule has 34 heavy (non-hydrogen) atoms. The molecular weight excluding hydrogens is 432 g/mol. The molecule has 4 aromatic rings. The van der Waals surface area contributed by atoms with Gasteiger partial charge in [-0.3, -0.25) is 19.5 Å². The van der Waals surface area contributed by atoms with Crippen LogP contribution in [-0.2, 0) is 9.59 Å². The lowest BCUT2D eigenvalue weighted by Crippen LogP contribution is -2.30. The quantitative estimate of drug-likeness (QED) is 0.272. The number of hydrogen-bond donors (Lipinski definition) is 2. The number of rotatable bonds is 4. The van der Waals surface area contributed by atoms with Gasteiger partial charge in [0, 0.05) is 11.8 Å². The highest BCUT2D eigenvalue weighted by Gasteiger charge is 2.48. The van der Waals surface area contributed by atoms with Gasteiger partial charge in [0.05, 0.1) is 29.4 Å². The number of ether oxygens (including phenoxy) is 1. The Balaban J connectivity index is 1.71. The van der Waals surface area contributed by atoms with Crippen molar-refractivity contribution in [2.45, 2.75) is 19.9 Å². The molecule has 8 nitrogen and oxygen atoms in total. The van der Waals surface area contributed by atoms with Crippen molar-refractivity contribution in [3.05, 3.63) is 88.8 Å². The Kier molecular flexibility index (Phi) is 5.13. The van der Waals surface area contributed by atoms with Gasteiger partial charge in [0.15, 0.2) is 0 Å². The number of aliphatic hydroxyl groups excluding tert-OH is 1. The predicted molar refractivity (Wildman–Crippen MR) is 128 cm³/mol. The van der Waals surface area contributed by atoms with E-state index in [1.165, 1.54) is 4.90 Å². The Hall–Kier alpha value is -4.46. The van der Waals surface area contributed by atoms with E-state index in [0.29, 0.717) is 22.5 Å². The molecule has 1 unspecified atom stereocenters. The zero-order valence-corrected chi connectivity index (χ0v) is 18.9. The fraction of sp³-hybridized carbons (Fsp3) is 0.154. The Morgan fingerprint density at radius 3 is 2.62 bits per heavy atom. The highest BCUT2D eigenvalue weighted by Crippen LogP contribution is 2.41. The number of nitrogens with one attached hydrogen (secondary N) is 1. The molecule has 1 amide bonds. The van der Waals surface area contributed by atoms with E-state index in [-0.39, 0.29) is 17.3 Å². The number of benzene rings is 2. The first kappa shape index (κ1) is 21.4. The van der Waals surface area contributed by atoms with Crippen molar-refractivity contribution >= 4 is 34.4 Å². The van der Waals surface area contributed by atoms with Gasteiger partial charge in [0.1, 0.15) is 17.6 Å². The highest BCUT2D eigenvalue weighted by atomic mass is 16.5. The van der Waals surface area contributed by atoms with Crippen LogP contribution in [0.1, 0.15) is 28.4 Å². The number of aliphatic hydroxyl groups is 1. The number of Topliss-reactive ketones (excluding diaryl/α,β-unsaturated/α-hetero) is 1. The Morgan fingerprint density at radius 2 is 1.91 bits per heavy atom. The molecule has 5 rings (SSSR count). The summed E-state index contributed by atoms with van der Waals surface area (Å²) in [5.74, 6) is -1.02. The van der Waals surface area contributed by atoms with Gasteiger partial charge in [-0.25, -0.2) is 4.98 Å². The second-order valence-corrected chi connectivity index (χ2v) is 8.19. The van der Waals surface area contributed by atoms with Crippen LogP contribution >= 0.6 is 0 Å². The van der Waals surface area contributed by atoms with Crippen molar-refractivity contribution in [1.82, 2.24) is 15.0 Å². The first-order valence-corrected chi connectivity index (χ1v) is 10.7. The number of aromatic nitrogens is 3. The minimum Gasteiger partial charge on any atom is -0.507 e. The summed E-state index contributed by atoms with van der Waals surface area (Å²) in [4.78, 5) is 39.9. The third-order valence-electron chi connectivity index (χ3n) is 5.93. The normalized spacial score (nSPS) is 17.5. The number of carbonyl (C=O) groups is 2. The minimum atomic E-state index is -0.953. The van der Waals surface area contributed by atoms with Crippen LogP contribution in [0.4, 0.5) is 5.95 Å². The van der Waals surface area contributed by atoms with Gasteiger partial charge in [-0.1, -0.05) is 12.1 Å². The van der Waals surface area contributed by atoms with Crippen LogP contribution < -0.4 is 9.64 Å². The van der Waals surface area contributed by atoms with E-state index in [1.807, 2.05) is 32.0 Å². The molecule has 0 radical (unpaired) electrons. The number of imidazole rings is 1. The topological polar surface area (TPSA) is 108 Å². The Labute approximate surface area is 195 Å². The van der Waals surface area contributed by atoms with E-state index in [2.05, 4.69) is 15.0 Å². The third kappa shape index (κ3) is 3.40. The monoisotopic (exact) mass is 454 g/mol. The molecule has 3 heterocycles. The molecule has 0 bridgehead atoms. The van der Waals surface area contributed by atoms with Gasteiger partial charge < -0.3 is 14.8 Å². The maximum Gasteiger partial charge on any atom is 0.302 e. The van der Waals surface area contributed by atoms with Crippen LogP contribution in [0.2, 0.25) is 0 Å². The summed E-state index contributed by atoms with van der Waals surface area (Å²) in [7, 11) is 1.56. The molecule has 1 aliphatic heterocycles. The molecule has 1 saturated heterocycles. The minimum absolute atomic E-state index is 0.0510. The van der Waals surface area contributed by atoms with Crippen molar-refractivity contribution in [3.8, 4) is 5.75 Å². The number of methoxy groups -OCH3 is 1. The number of H-pyrrole nitrogens is 1. The molecule has 8 heteroatoms. The van der Waals surface area contributed by atoms with Gasteiger partial charge in [0.2, 0.25) is 5.95 Å². The summed E-state index contributed by atoms with van der Waals surface area (Å²) in [6, 6.07) is 15.0. The summed E-state index contributed by atoms with van der Waals surface area (Å²) in [6.45, 7) is 3.79. The summed E-state index contributed by atoms with van der Waals surface area (Å²) in [5.41, 5.74) is 3.99. The standard InChI is InChI=1S/C26H22N4O4/c1-14-7-9-17-19(12-14)29-26(28-17)30-22(18-6-4-5-11-27-18)21(24(32)25(30)33)23(31)16-8-10-20(34-3)15(2)13-16/h4-13,22,31H,1-3H3,(H,28,29)/b23-21+. The van der Waals surface area contributed by atoms with Gasteiger partial charge in [0.25, 0.3) is 5.78 Å². The fourth-order valence-electron chi connectivity index (χ4n) is 4.27. The summed E-state index contributed by atoms with van der Waals surface area (Å²) in [6.07, 6.45) is 1.58. The second-order valence-electron chi connectivity index (χ2n) is 8.19. The van der Waals surface area contributed by atoms with Gasteiger partial charge in [-0.2, -0.15) is 0 Å². The number of pyridine rings is 1. The average molecular weight is 454 g/mol. The van der Waals surface area contributed by atoms with Crippen LogP contribution in [0.3, 0.4) is 0 Å². The number of amides is 1. The molecule has 0 aliphatic carbocycles. The SMILES string of the molecule is COc1ccc(/C(O)=C2\C(=O)C(=O)N(c3nc4ccc(C)cc4[nH]3)C2c2ccccn2)cc1C. The highest BCUT2D eigenvalue weighted by molar-refractivity contribution is 6.51. The Bertz CT molecular complexity index is 1470. The van der Waals surface area contributed by atoms with Crippen LogP contribution in [0.15, 0.2) is 66.4 Å². The number of ketones is 1. The van der Waals surface area contributed by atoms with Crippen molar-refractivity contribution in [2.75, 3.05) is 12.0 Å². The molecular formula is C26H22N4O4. The number of nitrogens with zero attached hydrogens (tertiary/aromatic N) is 3. The summed E-state index contributed by atoms with van der Waals surface area (Å²) in [5, 5.41) is 11.2. The van der Waals surface area contributed by atoms with Crippen molar-refractivity contribution in [1.29, 1.82) is 0 Å². The third-order valence-corrected chi connectivity index (χ3v) is 5.93. The van der Waals surface area contributed by atoms with E-state index in [1.54, 1.807) is 49.7 Å². The van der Waals surface area contributed by atoms with E-state index in [4.69, 9.17) is 4.74 Å². The van der Waals surface area contributed by atoms with Crippen molar-refractivity contribution in [2.24, 2.45) is 0 Å². The lowest BCUT2D eigenvalue weighted by molar-refractivity contribution is -0.132. The first-order chi connectivity index (χ1) is 16.4. The van der Waals surface area contributed by atoms with E-state index in [0.717, 1.165) is 16.6 Å². The Morgan fingerprint density at radius 1 is 1.09 bits per heavy atom. The maximum atomic E-state index is 13.3. The first-order valence-electron chi connectivity index (χ1n) is 10.7. The predicted octanol–water partition coefficient (Wildman–Crippen LogP) is 4.21. The summed E-state index contributed by atoms with van der Waals surface area (Å²) < 4.78 is 5.30. The van der Waals surface area contributed by atoms with Crippen LogP contribution in [0.5, 0.6) is 5.75 Å². The number of aromatic amines is 1. The van der Waals surface area contributed by atoms with E-state index in [9.17, 15) is 14.7 Å². The lowest BCUT2D eigenvalue weighted by atomic mass is 9.97. The largest absolute Gasteiger partial charge is 0.507 e. The number of anilines is 1. The van der Waals surface area contributed by atoms with Crippen molar-refractivity contribution < 1.29 is 19.4 Å². The number of hydrogen-bond acceptors (Lipinski definition) is 6. The van der Waals surface area contributed by atoms with Gasteiger partial charge >= 0.3 is 5.91 Å².